The molecular weight excluding hydrogens is 231 g/mol. The maximum absolute atomic E-state index is 5.96. The molecule has 0 bridgehead atoms. The van der Waals surface area contributed by atoms with Crippen LogP contribution in [0, 0.1) is 5.92 Å². The van der Waals surface area contributed by atoms with E-state index in [4.69, 9.17) is 27.9 Å². The molecule has 0 aliphatic carbocycles. The van der Waals surface area contributed by atoms with Gasteiger partial charge in [-0.05, 0) is 37.0 Å². The zero-order chi connectivity index (χ0) is 11.0. The van der Waals surface area contributed by atoms with Crippen molar-refractivity contribution in [2.24, 2.45) is 5.92 Å². The molecule has 15 heavy (non-hydrogen) atoms. The molecule has 1 aromatic carbocycles. The van der Waals surface area contributed by atoms with Crippen LogP contribution in [0.5, 0.6) is 0 Å². The monoisotopic (exact) mass is 244 g/mol. The first-order chi connectivity index (χ1) is 7.08. The van der Waals surface area contributed by atoms with E-state index in [1.165, 1.54) is 5.56 Å². The maximum Gasteiger partial charge on any atom is 0.0867 e. The first-order valence-corrected chi connectivity index (χ1v) is 5.93. The van der Waals surface area contributed by atoms with Crippen LogP contribution in [0.2, 0.25) is 10.0 Å². The van der Waals surface area contributed by atoms with Crippen LogP contribution >= 0.6 is 23.2 Å². The second-order valence-corrected chi connectivity index (χ2v) is 5.05. The van der Waals surface area contributed by atoms with Gasteiger partial charge in [0.15, 0.2) is 0 Å². The molecule has 1 nitrogen and oxygen atoms in total. The van der Waals surface area contributed by atoms with E-state index in [-0.39, 0.29) is 0 Å². The third kappa shape index (κ3) is 2.66. The lowest BCUT2D eigenvalue weighted by molar-refractivity contribution is 0.328. The van der Waals surface area contributed by atoms with Crippen molar-refractivity contribution >= 4 is 23.2 Å². The summed E-state index contributed by atoms with van der Waals surface area (Å²) in [5, 5.41) is 1.25. The molecule has 82 valence electrons. The molecule has 1 aliphatic rings. The van der Waals surface area contributed by atoms with Gasteiger partial charge >= 0.3 is 0 Å². The van der Waals surface area contributed by atoms with Crippen molar-refractivity contribution < 1.29 is 4.74 Å². The molecule has 1 aliphatic heterocycles. The molecule has 2 rings (SSSR count). The quantitative estimate of drug-likeness (QED) is 0.734. The van der Waals surface area contributed by atoms with Crippen molar-refractivity contribution in [3.05, 3.63) is 33.8 Å². The van der Waals surface area contributed by atoms with Gasteiger partial charge in [0.25, 0.3) is 0 Å². The number of rotatable bonds is 3. The van der Waals surface area contributed by atoms with Crippen LogP contribution in [0.3, 0.4) is 0 Å². The highest BCUT2D eigenvalue weighted by atomic mass is 35.5. The Hall–Kier alpha value is -0.240. The Balaban J connectivity index is 2.01. The minimum absolute atomic E-state index is 0.416. The third-order valence-electron chi connectivity index (χ3n) is 2.86. The molecule has 1 fully saturated rings. The van der Waals surface area contributed by atoms with Crippen LogP contribution in [-0.4, -0.2) is 12.2 Å². The van der Waals surface area contributed by atoms with Gasteiger partial charge in [-0.3, -0.25) is 0 Å². The van der Waals surface area contributed by atoms with Gasteiger partial charge in [-0.25, -0.2) is 0 Å². The molecule has 3 unspecified atom stereocenters. The van der Waals surface area contributed by atoms with Crippen LogP contribution in [0.15, 0.2) is 18.2 Å². The Bertz CT molecular complexity index is 365. The van der Waals surface area contributed by atoms with Crippen LogP contribution in [0.1, 0.15) is 19.4 Å². The Morgan fingerprint density at radius 3 is 2.53 bits per heavy atom. The van der Waals surface area contributed by atoms with Gasteiger partial charge in [0.2, 0.25) is 0 Å². The Kier molecular flexibility index (Phi) is 3.24. The van der Waals surface area contributed by atoms with E-state index in [2.05, 4.69) is 13.8 Å². The van der Waals surface area contributed by atoms with Gasteiger partial charge in [0, 0.05) is 0 Å². The van der Waals surface area contributed by atoms with Crippen molar-refractivity contribution in [3.63, 3.8) is 0 Å². The summed E-state index contributed by atoms with van der Waals surface area (Å²) < 4.78 is 5.45. The first kappa shape index (κ1) is 11.3. The highest BCUT2D eigenvalue weighted by molar-refractivity contribution is 6.42. The zero-order valence-electron chi connectivity index (χ0n) is 8.84. The molecule has 0 radical (unpaired) electrons. The van der Waals surface area contributed by atoms with E-state index in [0.717, 1.165) is 6.42 Å². The van der Waals surface area contributed by atoms with Gasteiger partial charge in [-0.1, -0.05) is 36.2 Å². The van der Waals surface area contributed by atoms with Crippen molar-refractivity contribution in [2.45, 2.75) is 32.5 Å². The molecule has 0 spiro atoms. The molecular formula is C12H14Cl2O. The number of benzene rings is 1. The lowest BCUT2D eigenvalue weighted by Crippen LogP contribution is -2.08. The number of epoxide rings is 1. The molecule has 0 aromatic heterocycles. The number of halogens is 2. The summed E-state index contributed by atoms with van der Waals surface area (Å²) in [6.07, 6.45) is 1.83. The molecule has 3 atom stereocenters. The van der Waals surface area contributed by atoms with E-state index in [0.29, 0.717) is 28.2 Å². The topological polar surface area (TPSA) is 12.5 Å². The fourth-order valence-corrected chi connectivity index (χ4v) is 2.27. The second-order valence-electron chi connectivity index (χ2n) is 4.24. The molecule has 1 aromatic rings. The van der Waals surface area contributed by atoms with E-state index in [1.54, 1.807) is 0 Å². The summed E-state index contributed by atoms with van der Waals surface area (Å²) >= 11 is 11.8. The first-order valence-electron chi connectivity index (χ1n) is 5.17. The summed E-state index contributed by atoms with van der Waals surface area (Å²) in [4.78, 5) is 0. The standard InChI is InChI=1S/C12H14Cl2O/c1-7(12-8(2)15-12)5-9-3-4-10(13)11(14)6-9/h3-4,6-8,12H,5H2,1-2H3. The van der Waals surface area contributed by atoms with Crippen molar-refractivity contribution in [3.8, 4) is 0 Å². The molecule has 0 amide bonds. The van der Waals surface area contributed by atoms with E-state index in [1.807, 2.05) is 18.2 Å². The largest absolute Gasteiger partial charge is 0.370 e. The zero-order valence-corrected chi connectivity index (χ0v) is 10.3. The van der Waals surface area contributed by atoms with Gasteiger partial charge in [-0.15, -0.1) is 0 Å². The van der Waals surface area contributed by atoms with Gasteiger partial charge in [0.05, 0.1) is 22.3 Å². The van der Waals surface area contributed by atoms with Crippen LogP contribution < -0.4 is 0 Å². The predicted molar refractivity (Wildman–Crippen MR) is 63.7 cm³/mol. The fraction of sp³-hybridized carbons (Fsp3) is 0.500. The van der Waals surface area contributed by atoms with Crippen LogP contribution in [-0.2, 0) is 11.2 Å². The second kappa shape index (κ2) is 4.32. The maximum atomic E-state index is 5.96. The Morgan fingerprint density at radius 1 is 1.33 bits per heavy atom. The molecule has 1 saturated heterocycles. The summed E-state index contributed by atoms with van der Waals surface area (Å²) in [5.74, 6) is 0.539. The summed E-state index contributed by atoms with van der Waals surface area (Å²) in [6, 6.07) is 5.81. The van der Waals surface area contributed by atoms with Crippen molar-refractivity contribution in [1.82, 2.24) is 0 Å². The van der Waals surface area contributed by atoms with E-state index >= 15 is 0 Å². The Morgan fingerprint density at radius 2 is 2.00 bits per heavy atom. The number of hydrogen-bond acceptors (Lipinski definition) is 1. The summed E-state index contributed by atoms with van der Waals surface area (Å²) in [6.45, 7) is 4.31. The Labute approximate surface area is 100 Å². The summed E-state index contributed by atoms with van der Waals surface area (Å²) in [7, 11) is 0. The minimum Gasteiger partial charge on any atom is -0.370 e. The van der Waals surface area contributed by atoms with E-state index in [9.17, 15) is 0 Å². The van der Waals surface area contributed by atoms with E-state index < -0.39 is 0 Å². The minimum atomic E-state index is 0.416. The highest BCUT2D eigenvalue weighted by Gasteiger charge is 2.38. The van der Waals surface area contributed by atoms with Crippen LogP contribution in [0.25, 0.3) is 0 Å². The van der Waals surface area contributed by atoms with Gasteiger partial charge < -0.3 is 4.74 Å². The lowest BCUT2D eigenvalue weighted by atomic mass is 9.97. The molecule has 3 heteroatoms. The summed E-state index contributed by atoms with van der Waals surface area (Å²) in [5.41, 5.74) is 1.22. The smallest absolute Gasteiger partial charge is 0.0867 e. The van der Waals surface area contributed by atoms with Crippen molar-refractivity contribution in [2.75, 3.05) is 0 Å². The predicted octanol–water partition coefficient (Wildman–Crippen LogP) is 3.96. The molecule has 1 heterocycles. The molecule has 0 saturated carbocycles. The van der Waals surface area contributed by atoms with Gasteiger partial charge in [0.1, 0.15) is 0 Å². The fourth-order valence-electron chi connectivity index (χ4n) is 1.95. The normalized spacial score (nSPS) is 26.4. The average Bonchev–Trinajstić information content (AvgIpc) is 2.89. The SMILES string of the molecule is CC(Cc1ccc(Cl)c(Cl)c1)C1OC1C. The average molecular weight is 245 g/mol. The third-order valence-corrected chi connectivity index (χ3v) is 3.60. The van der Waals surface area contributed by atoms with Crippen molar-refractivity contribution in [1.29, 1.82) is 0 Å². The lowest BCUT2D eigenvalue weighted by Gasteiger charge is -2.09. The molecule has 0 N–H and O–H groups in total. The number of ether oxygens (including phenoxy) is 1. The highest BCUT2D eigenvalue weighted by Crippen LogP contribution is 2.32. The number of hydrogen-bond donors (Lipinski definition) is 0. The van der Waals surface area contributed by atoms with Crippen LogP contribution in [0.4, 0.5) is 0 Å². The van der Waals surface area contributed by atoms with Gasteiger partial charge in [-0.2, -0.15) is 0 Å².